The molecule has 0 amide bonds. The van der Waals surface area contributed by atoms with Crippen LogP contribution in [-0.4, -0.2) is 34.6 Å². The molecule has 0 radical (unpaired) electrons. The van der Waals surface area contributed by atoms with Crippen molar-refractivity contribution in [2.75, 3.05) is 19.8 Å². The summed E-state index contributed by atoms with van der Waals surface area (Å²) < 4.78 is 10.5. The molecule has 0 unspecified atom stereocenters. The zero-order valence-corrected chi connectivity index (χ0v) is 11.7. The molecule has 0 aliphatic carbocycles. The average Bonchev–Trinajstić information content (AvgIpc) is 2.38. The molecule has 0 spiro atoms. The van der Waals surface area contributed by atoms with Crippen LogP contribution in [0.2, 0.25) is 0 Å². The Hall–Kier alpha value is -0.683. The van der Waals surface area contributed by atoms with Crippen LogP contribution >= 0.6 is 0 Å². The van der Waals surface area contributed by atoms with Gasteiger partial charge in [-0.2, -0.15) is 0 Å². The lowest BCUT2D eigenvalue weighted by molar-refractivity contribution is 0.131. The van der Waals surface area contributed by atoms with Gasteiger partial charge in [0.1, 0.15) is 0 Å². The van der Waals surface area contributed by atoms with E-state index in [9.17, 15) is 0 Å². The molecular formula is C13H22O3Si. The first kappa shape index (κ1) is 14.4. The third-order valence-corrected chi connectivity index (χ3v) is 3.02. The predicted molar refractivity (Wildman–Crippen MR) is 71.5 cm³/mol. The molecule has 0 aliphatic heterocycles. The highest BCUT2D eigenvalue weighted by molar-refractivity contribution is 6.15. The monoisotopic (exact) mass is 254 g/mol. The predicted octanol–water partition coefficient (Wildman–Crippen LogP) is 1.42. The fraction of sp³-hybridized carbons (Fsp3) is 0.538. The molecule has 1 aromatic carbocycles. The normalized spacial score (nSPS) is 11.4. The molecule has 0 saturated heterocycles. The van der Waals surface area contributed by atoms with E-state index in [1.54, 1.807) is 0 Å². The fourth-order valence-corrected chi connectivity index (χ4v) is 1.92. The molecule has 1 aromatic rings. The van der Waals surface area contributed by atoms with Crippen LogP contribution in [0.15, 0.2) is 30.3 Å². The Labute approximate surface area is 106 Å². The van der Waals surface area contributed by atoms with Crippen molar-refractivity contribution < 1.29 is 14.0 Å². The summed E-state index contributed by atoms with van der Waals surface area (Å²) in [6.07, 6.45) is 4.19. The van der Waals surface area contributed by atoms with Gasteiger partial charge in [-0.25, -0.2) is 0 Å². The molecule has 0 saturated carbocycles. The minimum atomic E-state index is -1.19. The summed E-state index contributed by atoms with van der Waals surface area (Å²) in [5.41, 5.74) is 1.33. The first-order valence-electron chi connectivity index (χ1n) is 6.24. The summed E-state index contributed by atoms with van der Waals surface area (Å²) in [5, 5.41) is 0. The van der Waals surface area contributed by atoms with E-state index in [-0.39, 0.29) is 0 Å². The minimum absolute atomic E-state index is 0.701. The minimum Gasteiger partial charge on any atom is -0.415 e. The van der Waals surface area contributed by atoms with Crippen molar-refractivity contribution in [2.45, 2.75) is 25.7 Å². The molecule has 96 valence electrons. The molecular weight excluding hydrogens is 232 g/mol. The van der Waals surface area contributed by atoms with Crippen LogP contribution in [0.4, 0.5) is 0 Å². The molecule has 0 atom stereocenters. The van der Waals surface area contributed by atoms with Crippen molar-refractivity contribution in [3.05, 3.63) is 35.9 Å². The first-order chi connectivity index (χ1) is 8.43. The van der Waals surface area contributed by atoms with Gasteiger partial charge in [-0.05, 0) is 31.2 Å². The molecule has 0 aromatic heterocycles. The van der Waals surface area contributed by atoms with Gasteiger partial charge in [-0.1, -0.05) is 30.3 Å². The number of unbranched alkanes of at least 4 members (excludes halogenated alkanes) is 2. The third-order valence-electron chi connectivity index (χ3n) is 2.55. The van der Waals surface area contributed by atoms with E-state index in [0.29, 0.717) is 6.61 Å². The van der Waals surface area contributed by atoms with Crippen LogP contribution in [0.3, 0.4) is 0 Å². The highest BCUT2D eigenvalue weighted by atomic mass is 28.2. The number of hydrogen-bond acceptors (Lipinski definition) is 3. The van der Waals surface area contributed by atoms with Gasteiger partial charge in [0.05, 0.1) is 6.61 Å². The lowest BCUT2D eigenvalue weighted by Gasteiger charge is -2.04. The maximum Gasteiger partial charge on any atom is 0.301 e. The van der Waals surface area contributed by atoms with Gasteiger partial charge >= 0.3 is 10.0 Å². The zero-order valence-electron chi connectivity index (χ0n) is 10.3. The smallest absolute Gasteiger partial charge is 0.301 e. The highest BCUT2D eigenvalue weighted by Gasteiger charge is 1.93. The summed E-state index contributed by atoms with van der Waals surface area (Å²) in [6, 6.07) is 10.4. The van der Waals surface area contributed by atoms with Crippen molar-refractivity contribution in [1.82, 2.24) is 0 Å². The molecule has 0 heterocycles. The van der Waals surface area contributed by atoms with E-state index in [1.807, 2.05) is 6.07 Å². The maximum absolute atomic E-state index is 8.54. The first-order valence-corrected chi connectivity index (χ1v) is 7.44. The second kappa shape index (κ2) is 10.5. The molecule has 0 aliphatic rings. The van der Waals surface area contributed by atoms with Crippen molar-refractivity contribution >= 4 is 10.0 Å². The Morgan fingerprint density at radius 2 is 1.71 bits per heavy atom. The van der Waals surface area contributed by atoms with E-state index in [2.05, 4.69) is 24.3 Å². The average molecular weight is 254 g/mol. The molecule has 3 nitrogen and oxygen atoms in total. The van der Waals surface area contributed by atoms with Gasteiger partial charge in [0.25, 0.3) is 0 Å². The second-order valence-corrected chi connectivity index (χ2v) is 4.61. The quantitative estimate of drug-likeness (QED) is 0.507. The van der Waals surface area contributed by atoms with Crippen molar-refractivity contribution in [2.24, 2.45) is 0 Å². The second-order valence-electron chi connectivity index (χ2n) is 3.95. The van der Waals surface area contributed by atoms with E-state index in [1.165, 1.54) is 5.56 Å². The van der Waals surface area contributed by atoms with Crippen molar-refractivity contribution in [3.8, 4) is 0 Å². The summed E-state index contributed by atoms with van der Waals surface area (Å²) >= 11 is 0. The van der Waals surface area contributed by atoms with Gasteiger partial charge in [0.15, 0.2) is 0 Å². The Morgan fingerprint density at radius 1 is 0.941 bits per heavy atom. The zero-order chi connectivity index (χ0) is 12.2. The summed E-state index contributed by atoms with van der Waals surface area (Å²) in [7, 11) is -1.19. The maximum atomic E-state index is 8.54. The fourth-order valence-electron chi connectivity index (χ4n) is 1.59. The van der Waals surface area contributed by atoms with Crippen molar-refractivity contribution in [3.63, 3.8) is 0 Å². The Morgan fingerprint density at radius 3 is 2.47 bits per heavy atom. The van der Waals surface area contributed by atoms with E-state index in [4.69, 9.17) is 14.0 Å². The highest BCUT2D eigenvalue weighted by Crippen LogP contribution is 2.01. The van der Waals surface area contributed by atoms with Crippen molar-refractivity contribution in [1.29, 1.82) is 0 Å². The lowest BCUT2D eigenvalue weighted by atomic mass is 10.2. The molecule has 0 bridgehead atoms. The molecule has 1 rings (SSSR count). The largest absolute Gasteiger partial charge is 0.415 e. The summed E-state index contributed by atoms with van der Waals surface area (Å²) in [4.78, 5) is 8.54. The van der Waals surface area contributed by atoms with E-state index >= 15 is 0 Å². The number of hydrogen-bond donors (Lipinski definition) is 1. The summed E-state index contributed by atoms with van der Waals surface area (Å²) in [5.74, 6) is 0. The third kappa shape index (κ3) is 8.10. The van der Waals surface area contributed by atoms with Crippen LogP contribution in [0.1, 0.15) is 24.8 Å². The van der Waals surface area contributed by atoms with Crippen LogP contribution < -0.4 is 0 Å². The standard InChI is InChI=1S/C13H22O3Si/c14-17-16-11-6-2-5-10-15-12-9-13-7-3-1-4-8-13/h1,3-4,7-8,14H,2,5-6,9-12,17H2. The lowest BCUT2D eigenvalue weighted by Crippen LogP contribution is -2.02. The Bertz CT molecular complexity index is 267. The number of rotatable bonds is 10. The number of ether oxygens (including phenoxy) is 1. The number of benzene rings is 1. The van der Waals surface area contributed by atoms with Crippen LogP contribution in [-0.2, 0) is 15.6 Å². The SMILES string of the molecule is O[SiH2]OCCCCCOCCc1ccccc1. The Kier molecular flexibility index (Phi) is 8.85. The van der Waals surface area contributed by atoms with Crippen LogP contribution in [0, 0.1) is 0 Å². The van der Waals surface area contributed by atoms with Gasteiger partial charge in [-0.15, -0.1) is 0 Å². The van der Waals surface area contributed by atoms with E-state index in [0.717, 1.165) is 38.9 Å². The van der Waals surface area contributed by atoms with Crippen LogP contribution in [0.25, 0.3) is 0 Å². The van der Waals surface area contributed by atoms with Gasteiger partial charge in [-0.3, -0.25) is 0 Å². The topological polar surface area (TPSA) is 38.7 Å². The van der Waals surface area contributed by atoms with Gasteiger partial charge < -0.3 is 14.0 Å². The van der Waals surface area contributed by atoms with E-state index < -0.39 is 10.0 Å². The van der Waals surface area contributed by atoms with Crippen LogP contribution in [0.5, 0.6) is 0 Å². The van der Waals surface area contributed by atoms with Gasteiger partial charge in [0.2, 0.25) is 0 Å². The van der Waals surface area contributed by atoms with Gasteiger partial charge in [0, 0.05) is 13.2 Å². The molecule has 17 heavy (non-hydrogen) atoms. The molecule has 0 fully saturated rings. The summed E-state index contributed by atoms with van der Waals surface area (Å²) in [6.45, 7) is 2.32. The molecule has 4 heteroatoms. The Balaban J connectivity index is 1.85. The molecule has 1 N–H and O–H groups in total.